The Morgan fingerprint density at radius 3 is 2.25 bits per heavy atom. The standard InChI is InChI=1S/C13H12F3NO3/c14-7-3-8(15)12(9(16)4-7)13(20)17-10(5-11(18)19)6-1-2-6/h3-4,6,10H,1-2,5H2,(H,17,20)(H,18,19). The van der Waals surface area contributed by atoms with E-state index in [1.165, 1.54) is 0 Å². The summed E-state index contributed by atoms with van der Waals surface area (Å²) < 4.78 is 39.6. The van der Waals surface area contributed by atoms with Crippen LogP contribution in [0.25, 0.3) is 0 Å². The second kappa shape index (κ2) is 5.52. The molecular formula is C13H12F3NO3. The van der Waals surface area contributed by atoms with Crippen LogP contribution in [-0.2, 0) is 4.79 Å². The molecule has 1 atom stereocenters. The maximum Gasteiger partial charge on any atom is 0.305 e. The second-order valence-corrected chi connectivity index (χ2v) is 4.76. The molecule has 1 aliphatic rings. The molecule has 1 aromatic carbocycles. The van der Waals surface area contributed by atoms with E-state index in [1.807, 2.05) is 0 Å². The van der Waals surface area contributed by atoms with E-state index in [1.54, 1.807) is 0 Å². The smallest absolute Gasteiger partial charge is 0.305 e. The molecule has 0 spiro atoms. The summed E-state index contributed by atoms with van der Waals surface area (Å²) in [5.41, 5.74) is -0.901. The molecule has 0 radical (unpaired) electrons. The molecule has 2 rings (SSSR count). The number of nitrogens with one attached hydrogen (secondary N) is 1. The maximum absolute atomic E-state index is 13.4. The fourth-order valence-corrected chi connectivity index (χ4v) is 2.02. The van der Waals surface area contributed by atoms with Gasteiger partial charge in [-0.15, -0.1) is 0 Å². The first-order valence-electron chi connectivity index (χ1n) is 6.05. The lowest BCUT2D eigenvalue weighted by Crippen LogP contribution is -2.39. The van der Waals surface area contributed by atoms with Crippen LogP contribution in [0.4, 0.5) is 13.2 Å². The molecule has 0 aromatic heterocycles. The van der Waals surface area contributed by atoms with Gasteiger partial charge in [0.1, 0.15) is 23.0 Å². The molecule has 1 aliphatic carbocycles. The number of hydrogen-bond acceptors (Lipinski definition) is 2. The third kappa shape index (κ3) is 3.28. The lowest BCUT2D eigenvalue weighted by molar-refractivity contribution is -0.137. The number of aliphatic carboxylic acids is 1. The van der Waals surface area contributed by atoms with Gasteiger partial charge >= 0.3 is 5.97 Å². The summed E-state index contributed by atoms with van der Waals surface area (Å²) >= 11 is 0. The number of benzene rings is 1. The average molecular weight is 287 g/mol. The number of halogens is 3. The highest BCUT2D eigenvalue weighted by molar-refractivity contribution is 5.95. The van der Waals surface area contributed by atoms with Crippen molar-refractivity contribution in [3.63, 3.8) is 0 Å². The summed E-state index contributed by atoms with van der Waals surface area (Å²) in [6.07, 6.45) is 1.19. The molecular weight excluding hydrogens is 275 g/mol. The quantitative estimate of drug-likeness (QED) is 0.871. The number of rotatable bonds is 5. The summed E-state index contributed by atoms with van der Waals surface area (Å²) in [6, 6.07) is 0.131. The fraction of sp³-hybridized carbons (Fsp3) is 0.385. The van der Waals surface area contributed by atoms with Gasteiger partial charge in [0.2, 0.25) is 0 Å². The molecule has 0 saturated heterocycles. The number of carboxylic acid groups (broad SMARTS) is 1. The molecule has 2 N–H and O–H groups in total. The minimum absolute atomic E-state index is 0.00150. The van der Waals surface area contributed by atoms with Crippen molar-refractivity contribution < 1.29 is 27.9 Å². The molecule has 1 unspecified atom stereocenters. The van der Waals surface area contributed by atoms with Crippen molar-refractivity contribution >= 4 is 11.9 Å². The molecule has 1 fully saturated rings. The molecule has 7 heteroatoms. The molecule has 0 heterocycles. The first-order chi connectivity index (χ1) is 9.38. The second-order valence-electron chi connectivity index (χ2n) is 4.76. The Morgan fingerprint density at radius 1 is 1.25 bits per heavy atom. The maximum atomic E-state index is 13.4. The van der Waals surface area contributed by atoms with E-state index in [2.05, 4.69) is 5.32 Å². The monoisotopic (exact) mass is 287 g/mol. The van der Waals surface area contributed by atoms with Crippen LogP contribution in [-0.4, -0.2) is 23.0 Å². The van der Waals surface area contributed by atoms with Crippen LogP contribution in [0.1, 0.15) is 29.6 Å². The van der Waals surface area contributed by atoms with Gasteiger partial charge < -0.3 is 10.4 Å². The highest BCUT2D eigenvalue weighted by Crippen LogP contribution is 2.34. The zero-order valence-electron chi connectivity index (χ0n) is 10.3. The van der Waals surface area contributed by atoms with Gasteiger partial charge in [-0.05, 0) is 18.8 Å². The normalized spacial score (nSPS) is 15.8. The van der Waals surface area contributed by atoms with Crippen LogP contribution in [0.15, 0.2) is 12.1 Å². The zero-order valence-corrected chi connectivity index (χ0v) is 10.3. The summed E-state index contributed by atoms with van der Waals surface area (Å²) in [6.45, 7) is 0. The molecule has 4 nitrogen and oxygen atoms in total. The predicted octanol–water partition coefficient (Wildman–Crippen LogP) is 2.09. The van der Waals surface area contributed by atoms with Crippen molar-refractivity contribution in [2.24, 2.45) is 5.92 Å². The van der Waals surface area contributed by atoms with Crippen molar-refractivity contribution in [1.82, 2.24) is 5.32 Å². The SMILES string of the molecule is O=C(O)CC(NC(=O)c1c(F)cc(F)cc1F)C1CC1. The topological polar surface area (TPSA) is 66.4 Å². The van der Waals surface area contributed by atoms with Gasteiger partial charge in [0.15, 0.2) is 0 Å². The third-order valence-electron chi connectivity index (χ3n) is 3.14. The summed E-state index contributed by atoms with van der Waals surface area (Å²) in [4.78, 5) is 22.5. The van der Waals surface area contributed by atoms with Crippen molar-refractivity contribution in [3.05, 3.63) is 35.1 Å². The number of carbonyl (C=O) groups is 2. The molecule has 20 heavy (non-hydrogen) atoms. The molecule has 1 saturated carbocycles. The van der Waals surface area contributed by atoms with Crippen molar-refractivity contribution in [3.8, 4) is 0 Å². The van der Waals surface area contributed by atoms with E-state index in [0.717, 1.165) is 12.8 Å². The van der Waals surface area contributed by atoms with Gasteiger partial charge in [-0.3, -0.25) is 9.59 Å². The van der Waals surface area contributed by atoms with Crippen molar-refractivity contribution in [1.29, 1.82) is 0 Å². The van der Waals surface area contributed by atoms with Gasteiger partial charge in [0.05, 0.1) is 6.42 Å². The lowest BCUT2D eigenvalue weighted by atomic mass is 10.1. The van der Waals surface area contributed by atoms with E-state index >= 15 is 0 Å². The Kier molecular flexibility index (Phi) is 3.96. The predicted molar refractivity (Wildman–Crippen MR) is 62.5 cm³/mol. The molecule has 1 aromatic rings. The molecule has 1 amide bonds. The van der Waals surface area contributed by atoms with Crippen molar-refractivity contribution in [2.75, 3.05) is 0 Å². The van der Waals surface area contributed by atoms with Gasteiger partial charge in [-0.25, -0.2) is 13.2 Å². The Hall–Kier alpha value is -2.05. The summed E-state index contributed by atoms with van der Waals surface area (Å²) in [7, 11) is 0. The van der Waals surface area contributed by atoms with Crippen LogP contribution in [0.2, 0.25) is 0 Å². The number of carbonyl (C=O) groups excluding carboxylic acids is 1. The Labute approximate surface area is 112 Å². The lowest BCUT2D eigenvalue weighted by Gasteiger charge is -2.16. The van der Waals surface area contributed by atoms with E-state index in [-0.39, 0.29) is 12.3 Å². The third-order valence-corrected chi connectivity index (χ3v) is 3.14. The van der Waals surface area contributed by atoms with Gasteiger partial charge in [0.25, 0.3) is 5.91 Å². The van der Waals surface area contributed by atoms with E-state index in [9.17, 15) is 22.8 Å². The van der Waals surface area contributed by atoms with E-state index in [4.69, 9.17) is 5.11 Å². The Balaban J connectivity index is 2.16. The number of amides is 1. The minimum atomic E-state index is -1.31. The van der Waals surface area contributed by atoms with Crippen LogP contribution < -0.4 is 5.32 Å². The summed E-state index contributed by atoms with van der Waals surface area (Å²) in [5.74, 6) is -5.93. The highest BCUT2D eigenvalue weighted by Gasteiger charge is 2.34. The number of hydrogen-bond donors (Lipinski definition) is 2. The zero-order chi connectivity index (χ0) is 14.9. The van der Waals surface area contributed by atoms with Crippen LogP contribution in [0.3, 0.4) is 0 Å². The van der Waals surface area contributed by atoms with E-state index < -0.39 is 40.9 Å². The Morgan fingerprint density at radius 2 is 1.80 bits per heavy atom. The average Bonchev–Trinajstić information content (AvgIpc) is 3.09. The molecule has 108 valence electrons. The van der Waals surface area contributed by atoms with Crippen LogP contribution >= 0.6 is 0 Å². The van der Waals surface area contributed by atoms with E-state index in [0.29, 0.717) is 12.1 Å². The minimum Gasteiger partial charge on any atom is -0.481 e. The molecule has 0 aliphatic heterocycles. The fourth-order valence-electron chi connectivity index (χ4n) is 2.02. The number of carboxylic acids is 1. The van der Waals surface area contributed by atoms with Gasteiger partial charge in [0, 0.05) is 18.2 Å². The highest BCUT2D eigenvalue weighted by atomic mass is 19.1. The first-order valence-corrected chi connectivity index (χ1v) is 6.05. The largest absolute Gasteiger partial charge is 0.481 e. The molecule has 0 bridgehead atoms. The van der Waals surface area contributed by atoms with Crippen LogP contribution in [0.5, 0.6) is 0 Å². The van der Waals surface area contributed by atoms with Gasteiger partial charge in [-0.2, -0.15) is 0 Å². The van der Waals surface area contributed by atoms with Crippen LogP contribution in [0, 0.1) is 23.4 Å². The van der Waals surface area contributed by atoms with Crippen molar-refractivity contribution in [2.45, 2.75) is 25.3 Å². The summed E-state index contributed by atoms with van der Waals surface area (Å²) in [5, 5.41) is 11.0. The first kappa shape index (κ1) is 14.4. The van der Waals surface area contributed by atoms with Gasteiger partial charge in [-0.1, -0.05) is 0 Å². The Bertz CT molecular complexity index is 535.